The van der Waals surface area contributed by atoms with Gasteiger partial charge in [-0.2, -0.15) is 0 Å². The van der Waals surface area contributed by atoms with E-state index >= 15 is 0 Å². The van der Waals surface area contributed by atoms with Crippen molar-refractivity contribution in [1.82, 2.24) is 4.57 Å². The van der Waals surface area contributed by atoms with E-state index in [1.807, 2.05) is 0 Å². The van der Waals surface area contributed by atoms with Crippen LogP contribution in [0.3, 0.4) is 0 Å². The standard InChI is InChI=1S/C14H18NS/c1-11-10-14(16(3)4)12(2)15(11)13-8-6-5-7-9-13/h5-10H,1-4H3/q+1. The molecule has 0 atom stereocenters. The Kier molecular flexibility index (Phi) is 3.10. The Morgan fingerprint density at radius 2 is 1.62 bits per heavy atom. The highest BCUT2D eigenvalue weighted by atomic mass is 32.2. The SMILES string of the molecule is Cc1cc([S+](C)C)c(C)n1-c1ccccc1. The zero-order chi connectivity index (χ0) is 11.7. The van der Waals surface area contributed by atoms with Crippen LogP contribution in [0.4, 0.5) is 0 Å². The molecule has 1 aromatic carbocycles. The summed E-state index contributed by atoms with van der Waals surface area (Å²) in [6.07, 6.45) is 4.55. The van der Waals surface area contributed by atoms with Crippen LogP contribution in [0.1, 0.15) is 11.4 Å². The van der Waals surface area contributed by atoms with E-state index in [-0.39, 0.29) is 0 Å². The molecular formula is C14H18NS+. The lowest BCUT2D eigenvalue weighted by Crippen LogP contribution is -2.01. The van der Waals surface area contributed by atoms with E-state index in [1.54, 1.807) is 0 Å². The zero-order valence-electron chi connectivity index (χ0n) is 10.3. The minimum Gasteiger partial charge on any atom is -0.313 e. The van der Waals surface area contributed by atoms with Gasteiger partial charge in [0.2, 0.25) is 0 Å². The van der Waals surface area contributed by atoms with Crippen molar-refractivity contribution >= 4 is 10.9 Å². The van der Waals surface area contributed by atoms with Gasteiger partial charge >= 0.3 is 0 Å². The molecular weight excluding hydrogens is 214 g/mol. The molecule has 2 rings (SSSR count). The number of nitrogens with zero attached hydrogens (tertiary/aromatic N) is 1. The molecule has 0 aliphatic carbocycles. The highest BCUT2D eigenvalue weighted by Gasteiger charge is 2.19. The van der Waals surface area contributed by atoms with E-state index in [0.717, 1.165) is 0 Å². The van der Waals surface area contributed by atoms with Crippen molar-refractivity contribution in [2.45, 2.75) is 18.7 Å². The molecule has 0 bridgehead atoms. The molecule has 0 saturated heterocycles. The van der Waals surface area contributed by atoms with Crippen LogP contribution < -0.4 is 0 Å². The smallest absolute Gasteiger partial charge is 0.175 e. The van der Waals surface area contributed by atoms with E-state index in [1.165, 1.54) is 22.0 Å². The third-order valence-corrected chi connectivity index (χ3v) is 4.13. The van der Waals surface area contributed by atoms with Gasteiger partial charge in [0, 0.05) is 28.3 Å². The molecule has 0 saturated carbocycles. The first kappa shape index (κ1) is 11.3. The molecule has 0 amide bonds. The number of rotatable bonds is 2. The van der Waals surface area contributed by atoms with Gasteiger partial charge < -0.3 is 4.57 Å². The Balaban J connectivity index is 2.58. The topological polar surface area (TPSA) is 4.93 Å². The summed E-state index contributed by atoms with van der Waals surface area (Å²) in [7, 11) is 0.325. The minimum atomic E-state index is 0.325. The number of aromatic nitrogens is 1. The Bertz CT molecular complexity index is 483. The lowest BCUT2D eigenvalue weighted by atomic mass is 10.3. The first-order chi connectivity index (χ1) is 7.61. The molecule has 84 valence electrons. The molecule has 0 spiro atoms. The van der Waals surface area contributed by atoms with Crippen molar-refractivity contribution in [3.05, 3.63) is 47.8 Å². The average Bonchev–Trinajstić information content (AvgIpc) is 2.56. The van der Waals surface area contributed by atoms with Gasteiger partial charge in [-0.1, -0.05) is 18.2 Å². The zero-order valence-corrected chi connectivity index (χ0v) is 11.1. The molecule has 2 aromatic rings. The highest BCUT2D eigenvalue weighted by Crippen LogP contribution is 2.24. The summed E-state index contributed by atoms with van der Waals surface area (Å²) in [5, 5.41) is 0. The van der Waals surface area contributed by atoms with E-state index < -0.39 is 0 Å². The van der Waals surface area contributed by atoms with Crippen molar-refractivity contribution in [2.24, 2.45) is 0 Å². The number of aryl methyl sites for hydroxylation is 1. The lowest BCUT2D eigenvalue weighted by Gasteiger charge is -2.08. The van der Waals surface area contributed by atoms with E-state index in [0.29, 0.717) is 10.9 Å². The summed E-state index contributed by atoms with van der Waals surface area (Å²) in [5.41, 5.74) is 3.95. The first-order valence-corrected chi connectivity index (χ1v) is 7.47. The third kappa shape index (κ3) is 1.90. The van der Waals surface area contributed by atoms with Crippen molar-refractivity contribution in [2.75, 3.05) is 12.5 Å². The summed E-state index contributed by atoms with van der Waals surface area (Å²) < 4.78 is 2.34. The third-order valence-electron chi connectivity index (χ3n) is 2.84. The summed E-state index contributed by atoms with van der Waals surface area (Å²) in [6.45, 7) is 4.39. The molecule has 0 aliphatic rings. The maximum absolute atomic E-state index is 2.34. The average molecular weight is 232 g/mol. The lowest BCUT2D eigenvalue weighted by molar-refractivity contribution is 0.953. The van der Waals surface area contributed by atoms with Crippen LogP contribution in [-0.2, 0) is 10.9 Å². The predicted molar refractivity (Wildman–Crippen MR) is 72.7 cm³/mol. The van der Waals surface area contributed by atoms with Crippen molar-refractivity contribution < 1.29 is 0 Å². The minimum absolute atomic E-state index is 0.325. The van der Waals surface area contributed by atoms with E-state index in [4.69, 9.17) is 0 Å². The van der Waals surface area contributed by atoms with Gasteiger partial charge in [-0.3, -0.25) is 0 Å². The van der Waals surface area contributed by atoms with Crippen LogP contribution in [0.25, 0.3) is 5.69 Å². The fourth-order valence-electron chi connectivity index (χ4n) is 2.12. The van der Waals surface area contributed by atoms with Gasteiger partial charge in [0.1, 0.15) is 12.5 Å². The van der Waals surface area contributed by atoms with Crippen molar-refractivity contribution in [1.29, 1.82) is 0 Å². The Morgan fingerprint density at radius 3 is 2.12 bits per heavy atom. The highest BCUT2D eigenvalue weighted by molar-refractivity contribution is 7.95. The van der Waals surface area contributed by atoms with E-state index in [9.17, 15) is 0 Å². The van der Waals surface area contributed by atoms with Crippen LogP contribution >= 0.6 is 0 Å². The summed E-state index contributed by atoms with van der Waals surface area (Å²) in [5.74, 6) is 0. The second-order valence-electron chi connectivity index (χ2n) is 4.22. The van der Waals surface area contributed by atoms with Crippen molar-refractivity contribution in [3.63, 3.8) is 0 Å². The Labute approximate surface area is 100 Å². The van der Waals surface area contributed by atoms with Crippen LogP contribution in [0.2, 0.25) is 0 Å². The number of para-hydroxylation sites is 1. The molecule has 0 N–H and O–H groups in total. The van der Waals surface area contributed by atoms with Crippen LogP contribution in [-0.4, -0.2) is 17.1 Å². The van der Waals surface area contributed by atoms with Gasteiger partial charge in [0.25, 0.3) is 0 Å². The van der Waals surface area contributed by atoms with Gasteiger partial charge in [-0.05, 0) is 26.0 Å². The van der Waals surface area contributed by atoms with Crippen LogP contribution in [0.15, 0.2) is 41.3 Å². The first-order valence-electron chi connectivity index (χ1n) is 5.43. The summed E-state index contributed by atoms with van der Waals surface area (Å²) in [4.78, 5) is 1.47. The Morgan fingerprint density at radius 1 is 1.00 bits per heavy atom. The molecule has 0 unspecified atom stereocenters. The molecule has 0 fully saturated rings. The number of hydrogen-bond acceptors (Lipinski definition) is 0. The molecule has 2 heteroatoms. The number of hydrogen-bond donors (Lipinski definition) is 0. The maximum Gasteiger partial charge on any atom is 0.175 e. The van der Waals surface area contributed by atoms with Gasteiger partial charge in [-0.15, -0.1) is 0 Å². The monoisotopic (exact) mass is 232 g/mol. The Hall–Kier alpha value is -1.15. The van der Waals surface area contributed by atoms with Gasteiger partial charge in [-0.25, -0.2) is 0 Å². The summed E-state index contributed by atoms with van der Waals surface area (Å²) in [6, 6.07) is 12.9. The fraction of sp³-hybridized carbons (Fsp3) is 0.286. The van der Waals surface area contributed by atoms with Crippen LogP contribution in [0, 0.1) is 13.8 Å². The molecule has 0 radical (unpaired) electrons. The van der Waals surface area contributed by atoms with Crippen LogP contribution in [0.5, 0.6) is 0 Å². The number of benzene rings is 1. The maximum atomic E-state index is 2.34. The van der Waals surface area contributed by atoms with E-state index in [2.05, 4.69) is 67.3 Å². The molecule has 1 heterocycles. The normalized spacial score (nSPS) is 11.1. The molecule has 1 nitrogen and oxygen atoms in total. The fourth-order valence-corrected chi connectivity index (χ4v) is 3.21. The van der Waals surface area contributed by atoms with Gasteiger partial charge in [0.15, 0.2) is 4.90 Å². The summed E-state index contributed by atoms with van der Waals surface area (Å²) >= 11 is 0. The largest absolute Gasteiger partial charge is 0.313 e. The molecule has 0 aliphatic heterocycles. The molecule has 16 heavy (non-hydrogen) atoms. The second-order valence-corrected chi connectivity index (χ2v) is 6.30. The quantitative estimate of drug-likeness (QED) is 0.700. The van der Waals surface area contributed by atoms with Crippen molar-refractivity contribution in [3.8, 4) is 5.69 Å². The predicted octanol–water partition coefficient (Wildman–Crippen LogP) is 3.33. The molecule has 1 aromatic heterocycles. The van der Waals surface area contributed by atoms with Gasteiger partial charge in [0.05, 0.1) is 5.69 Å². The second kappa shape index (κ2) is 4.38.